The first kappa shape index (κ1) is 28.0. The van der Waals surface area contributed by atoms with Crippen LogP contribution in [0.1, 0.15) is 114 Å². The first-order valence-electron chi connectivity index (χ1n) is 13.5. The van der Waals surface area contributed by atoms with Crippen LogP contribution >= 0.6 is 0 Å². The molecule has 6 atom stereocenters. The summed E-state index contributed by atoms with van der Waals surface area (Å²) in [7, 11) is 0. The first-order chi connectivity index (χ1) is 14.8. The SMILES string of the molecule is C=C/C=C1/C[C@@H](C)C2C(=CCC3(C)C(CC(=C)CC)CCC23)C1(C)CCC.CC.CC. The lowest BCUT2D eigenvalue weighted by Gasteiger charge is -2.55. The van der Waals surface area contributed by atoms with Crippen molar-refractivity contribution in [1.82, 2.24) is 0 Å². The molecule has 3 rings (SSSR count). The van der Waals surface area contributed by atoms with Crippen LogP contribution in [0, 0.1) is 34.5 Å². The Kier molecular flexibility index (Phi) is 11.1. The molecule has 0 radical (unpaired) electrons. The largest absolute Gasteiger partial charge is 0.0999 e. The van der Waals surface area contributed by atoms with Crippen LogP contribution in [-0.2, 0) is 0 Å². The molecule has 0 aromatic heterocycles. The summed E-state index contributed by atoms with van der Waals surface area (Å²) in [5.41, 5.74) is 5.61. The van der Waals surface area contributed by atoms with E-state index in [1.54, 1.807) is 11.1 Å². The molecule has 0 aromatic rings. The molecule has 0 N–H and O–H groups in total. The Balaban J connectivity index is 0.00000113. The van der Waals surface area contributed by atoms with Crippen LogP contribution in [-0.4, -0.2) is 0 Å². The van der Waals surface area contributed by atoms with Crippen LogP contribution in [0.25, 0.3) is 0 Å². The topological polar surface area (TPSA) is 0 Å². The van der Waals surface area contributed by atoms with Crippen molar-refractivity contribution in [2.75, 3.05) is 0 Å². The zero-order valence-corrected chi connectivity index (χ0v) is 22.6. The van der Waals surface area contributed by atoms with Crippen LogP contribution in [0.2, 0.25) is 0 Å². The summed E-state index contributed by atoms with van der Waals surface area (Å²) < 4.78 is 0. The molecule has 3 aliphatic rings. The van der Waals surface area contributed by atoms with Crippen molar-refractivity contribution in [3.8, 4) is 0 Å². The third kappa shape index (κ3) is 5.31. The maximum absolute atomic E-state index is 4.35. The molecule has 0 spiro atoms. The highest BCUT2D eigenvalue weighted by Gasteiger charge is 2.56. The fraction of sp³-hybridized carbons (Fsp3) is 0.742. The van der Waals surface area contributed by atoms with Gasteiger partial charge in [0.1, 0.15) is 0 Å². The summed E-state index contributed by atoms with van der Waals surface area (Å²) in [6.07, 6.45) is 17.3. The molecule has 0 amide bonds. The number of hydrogen-bond donors (Lipinski definition) is 0. The van der Waals surface area contributed by atoms with E-state index in [0.717, 1.165) is 30.1 Å². The number of hydrogen-bond acceptors (Lipinski definition) is 0. The van der Waals surface area contributed by atoms with Gasteiger partial charge in [0.05, 0.1) is 0 Å². The van der Waals surface area contributed by atoms with E-state index in [9.17, 15) is 0 Å². The van der Waals surface area contributed by atoms with Crippen molar-refractivity contribution in [3.63, 3.8) is 0 Å². The highest BCUT2D eigenvalue weighted by Crippen LogP contribution is 2.65. The van der Waals surface area contributed by atoms with Gasteiger partial charge < -0.3 is 0 Å². The van der Waals surface area contributed by atoms with E-state index in [0.29, 0.717) is 5.41 Å². The highest BCUT2D eigenvalue weighted by molar-refractivity contribution is 5.39. The van der Waals surface area contributed by atoms with Gasteiger partial charge in [0, 0.05) is 5.41 Å². The van der Waals surface area contributed by atoms with E-state index < -0.39 is 0 Å². The summed E-state index contributed by atoms with van der Waals surface area (Å²) in [5.74, 6) is 3.23. The van der Waals surface area contributed by atoms with Crippen LogP contribution in [0.4, 0.5) is 0 Å². The van der Waals surface area contributed by atoms with E-state index in [1.165, 1.54) is 50.5 Å². The molecule has 0 heteroatoms. The lowest BCUT2D eigenvalue weighted by molar-refractivity contribution is 0.0609. The standard InChI is InChI=1S/C27H42.2C2H6/c1-8-11-21-18-20(5)25-23-13-12-22(17-19(4)10-3)27(23,7)16-14-24(25)26(21,6)15-9-2;2*1-2/h8,11,14,20,22-23,25H,1,4,9-10,12-13,15-18H2,2-3,5-7H3;2*1-2H3/b21-11-;;/t20-,22?,23?,25?,26?,27?;;/m1../s1. The van der Waals surface area contributed by atoms with Crippen molar-refractivity contribution < 1.29 is 0 Å². The normalized spacial score (nSPS) is 37.3. The van der Waals surface area contributed by atoms with Crippen LogP contribution in [0.15, 0.2) is 48.1 Å². The monoisotopic (exact) mass is 426 g/mol. The second-order valence-electron chi connectivity index (χ2n) is 10.3. The van der Waals surface area contributed by atoms with Gasteiger partial charge in [0.25, 0.3) is 0 Å². The Hall–Kier alpha value is -1.04. The van der Waals surface area contributed by atoms with E-state index in [2.05, 4.69) is 59.9 Å². The summed E-state index contributed by atoms with van der Waals surface area (Å²) >= 11 is 0. The molecule has 2 fully saturated rings. The maximum atomic E-state index is 4.35. The van der Waals surface area contributed by atoms with Crippen molar-refractivity contribution in [3.05, 3.63) is 48.1 Å². The Morgan fingerprint density at radius 3 is 2.32 bits per heavy atom. The molecule has 5 unspecified atom stereocenters. The molecule has 3 aliphatic carbocycles. The van der Waals surface area contributed by atoms with Gasteiger partial charge in [0.2, 0.25) is 0 Å². The number of rotatable bonds is 6. The number of allylic oxidation sites excluding steroid dienone is 6. The van der Waals surface area contributed by atoms with Crippen molar-refractivity contribution in [2.45, 2.75) is 114 Å². The predicted molar refractivity (Wildman–Crippen MR) is 142 cm³/mol. The molecule has 0 heterocycles. The Morgan fingerprint density at radius 1 is 1.13 bits per heavy atom. The average molecular weight is 427 g/mol. The summed E-state index contributed by atoms with van der Waals surface area (Å²) in [6.45, 7) is 28.6. The zero-order chi connectivity index (χ0) is 23.8. The molecule has 0 saturated heterocycles. The maximum Gasteiger partial charge on any atom is 0.00983 e. The van der Waals surface area contributed by atoms with Crippen LogP contribution in [0.3, 0.4) is 0 Å². The third-order valence-corrected chi connectivity index (χ3v) is 8.77. The van der Waals surface area contributed by atoms with E-state index >= 15 is 0 Å². The predicted octanol–water partition coefficient (Wildman–Crippen LogP) is 10.3. The minimum absolute atomic E-state index is 0.256. The fourth-order valence-electron chi connectivity index (χ4n) is 7.14. The molecular weight excluding hydrogens is 372 g/mol. The molecule has 0 bridgehead atoms. The van der Waals surface area contributed by atoms with Gasteiger partial charge in [-0.2, -0.15) is 0 Å². The molecule has 0 nitrogen and oxygen atoms in total. The van der Waals surface area contributed by atoms with E-state index in [4.69, 9.17) is 0 Å². The number of fused-ring (bicyclic) bond motifs is 3. The Bertz CT molecular complexity index is 647. The molecule has 0 aliphatic heterocycles. The van der Waals surface area contributed by atoms with Crippen LogP contribution in [0.5, 0.6) is 0 Å². The minimum Gasteiger partial charge on any atom is -0.0999 e. The van der Waals surface area contributed by atoms with Gasteiger partial charge in [-0.05, 0) is 74.0 Å². The van der Waals surface area contributed by atoms with Crippen molar-refractivity contribution in [2.24, 2.45) is 34.5 Å². The summed E-state index contributed by atoms with van der Waals surface area (Å²) in [4.78, 5) is 0. The summed E-state index contributed by atoms with van der Waals surface area (Å²) in [5, 5.41) is 0. The second kappa shape index (κ2) is 12.3. The van der Waals surface area contributed by atoms with Gasteiger partial charge in [0.15, 0.2) is 0 Å². The molecule has 0 aromatic carbocycles. The zero-order valence-electron chi connectivity index (χ0n) is 22.6. The average Bonchev–Trinajstić information content (AvgIpc) is 3.10. The van der Waals surface area contributed by atoms with Gasteiger partial charge in [-0.1, -0.05) is 117 Å². The molecule has 31 heavy (non-hydrogen) atoms. The molecule has 2 saturated carbocycles. The lowest BCUT2D eigenvalue weighted by Crippen LogP contribution is -2.46. The van der Waals surface area contributed by atoms with Gasteiger partial charge in [-0.25, -0.2) is 0 Å². The molecular formula is C31H54. The highest BCUT2D eigenvalue weighted by atomic mass is 14.6. The van der Waals surface area contributed by atoms with Gasteiger partial charge >= 0.3 is 0 Å². The van der Waals surface area contributed by atoms with Gasteiger partial charge in [-0.15, -0.1) is 0 Å². The summed E-state index contributed by atoms with van der Waals surface area (Å²) in [6, 6.07) is 0. The second-order valence-corrected chi connectivity index (χ2v) is 10.3. The van der Waals surface area contributed by atoms with Crippen molar-refractivity contribution in [1.29, 1.82) is 0 Å². The lowest BCUT2D eigenvalue weighted by atomic mass is 9.49. The quantitative estimate of drug-likeness (QED) is 0.370. The first-order valence-corrected chi connectivity index (χ1v) is 13.5. The van der Waals surface area contributed by atoms with E-state index in [1.807, 2.05) is 33.8 Å². The van der Waals surface area contributed by atoms with Crippen LogP contribution < -0.4 is 0 Å². The van der Waals surface area contributed by atoms with Gasteiger partial charge in [-0.3, -0.25) is 0 Å². The van der Waals surface area contributed by atoms with Crippen molar-refractivity contribution >= 4 is 0 Å². The smallest absolute Gasteiger partial charge is 0.00983 e. The Labute approximate surface area is 196 Å². The molecule has 178 valence electrons. The third-order valence-electron chi connectivity index (χ3n) is 8.77. The van der Waals surface area contributed by atoms with E-state index in [-0.39, 0.29) is 5.41 Å². The minimum atomic E-state index is 0.256. The fourth-order valence-corrected chi connectivity index (χ4v) is 7.14. The Morgan fingerprint density at radius 2 is 1.77 bits per heavy atom.